The molecule has 0 heterocycles. The summed E-state index contributed by atoms with van der Waals surface area (Å²) in [6, 6.07) is 7.29. The number of aliphatic carboxylic acids is 1. The Labute approximate surface area is 100 Å². The number of carbonyl (C=O) groups is 2. The molecule has 0 spiro atoms. The Bertz CT molecular complexity index is 394. The van der Waals surface area contributed by atoms with Gasteiger partial charge in [-0.2, -0.15) is 0 Å². The van der Waals surface area contributed by atoms with Crippen molar-refractivity contribution in [1.82, 2.24) is 0 Å². The number of Topliss-reactive ketones (excluding diaryl/α,β-unsaturated/α-hetero) is 1. The van der Waals surface area contributed by atoms with Crippen molar-refractivity contribution in [2.75, 3.05) is 7.11 Å². The van der Waals surface area contributed by atoms with E-state index in [2.05, 4.69) is 0 Å². The molecule has 1 rings (SSSR count). The fraction of sp³-hybridized carbons (Fsp3) is 0.385. The van der Waals surface area contributed by atoms with Gasteiger partial charge in [0.25, 0.3) is 0 Å². The smallest absolute Gasteiger partial charge is 0.372 e. The molecule has 0 aliphatic heterocycles. The molecule has 4 heteroatoms. The molecule has 4 nitrogen and oxygen atoms in total. The van der Waals surface area contributed by atoms with E-state index in [1.54, 1.807) is 19.2 Å². The molecule has 17 heavy (non-hydrogen) atoms. The third kappa shape index (κ3) is 3.59. The molecule has 0 saturated heterocycles. The lowest BCUT2D eigenvalue weighted by atomic mass is 9.93. The highest BCUT2D eigenvalue weighted by Crippen LogP contribution is 2.17. The summed E-state index contributed by atoms with van der Waals surface area (Å²) in [7, 11) is 1.58. The summed E-state index contributed by atoms with van der Waals surface area (Å²) < 4.78 is 5.03. The predicted molar refractivity (Wildman–Crippen MR) is 63.1 cm³/mol. The van der Waals surface area contributed by atoms with Gasteiger partial charge in [0, 0.05) is 5.92 Å². The highest BCUT2D eigenvalue weighted by molar-refractivity contribution is 6.33. The lowest BCUT2D eigenvalue weighted by Crippen LogP contribution is -2.24. The summed E-state index contributed by atoms with van der Waals surface area (Å²) in [5.74, 6) is -1.79. The minimum Gasteiger partial charge on any atom is -0.497 e. The van der Waals surface area contributed by atoms with Crippen LogP contribution in [-0.2, 0) is 16.0 Å². The second-order valence-electron chi connectivity index (χ2n) is 3.83. The first-order chi connectivity index (χ1) is 8.08. The van der Waals surface area contributed by atoms with Crippen molar-refractivity contribution >= 4 is 11.8 Å². The molecule has 1 N–H and O–H groups in total. The van der Waals surface area contributed by atoms with E-state index < -0.39 is 17.7 Å². The number of ketones is 1. The van der Waals surface area contributed by atoms with E-state index in [1.165, 1.54) is 0 Å². The summed E-state index contributed by atoms with van der Waals surface area (Å²) >= 11 is 0. The molecule has 92 valence electrons. The third-order valence-electron chi connectivity index (χ3n) is 2.72. The molecule has 0 fully saturated rings. The molecular weight excluding hydrogens is 220 g/mol. The Hall–Kier alpha value is -1.84. The van der Waals surface area contributed by atoms with Gasteiger partial charge >= 0.3 is 5.97 Å². The lowest BCUT2D eigenvalue weighted by Gasteiger charge is -2.11. The van der Waals surface area contributed by atoms with Crippen LogP contribution >= 0.6 is 0 Å². The first-order valence-corrected chi connectivity index (χ1v) is 5.48. The van der Waals surface area contributed by atoms with Gasteiger partial charge in [-0.15, -0.1) is 0 Å². The number of hydrogen-bond acceptors (Lipinski definition) is 3. The summed E-state index contributed by atoms with van der Waals surface area (Å²) in [5.41, 5.74) is 0.937. The minimum atomic E-state index is -1.36. The quantitative estimate of drug-likeness (QED) is 0.766. The third-order valence-corrected chi connectivity index (χ3v) is 2.72. The Balaban J connectivity index is 2.73. The molecule has 0 aliphatic carbocycles. The highest BCUT2D eigenvalue weighted by Gasteiger charge is 2.23. The van der Waals surface area contributed by atoms with Crippen LogP contribution in [0, 0.1) is 5.92 Å². The van der Waals surface area contributed by atoms with Crippen molar-refractivity contribution < 1.29 is 19.4 Å². The van der Waals surface area contributed by atoms with Crippen molar-refractivity contribution in [1.29, 1.82) is 0 Å². The molecule has 1 unspecified atom stereocenters. The number of methoxy groups -OCH3 is 1. The maximum absolute atomic E-state index is 11.4. The first kappa shape index (κ1) is 13.2. The molecule has 0 bridgehead atoms. The Morgan fingerprint density at radius 1 is 1.29 bits per heavy atom. The van der Waals surface area contributed by atoms with Crippen molar-refractivity contribution in [3.8, 4) is 5.75 Å². The lowest BCUT2D eigenvalue weighted by molar-refractivity contribution is -0.151. The van der Waals surface area contributed by atoms with Gasteiger partial charge < -0.3 is 9.84 Å². The van der Waals surface area contributed by atoms with Gasteiger partial charge in [0.1, 0.15) is 5.75 Å². The van der Waals surface area contributed by atoms with E-state index in [9.17, 15) is 9.59 Å². The molecule has 0 amide bonds. The topological polar surface area (TPSA) is 63.6 Å². The number of carboxylic acid groups (broad SMARTS) is 1. The second-order valence-corrected chi connectivity index (χ2v) is 3.83. The summed E-state index contributed by atoms with van der Waals surface area (Å²) in [4.78, 5) is 22.0. The van der Waals surface area contributed by atoms with Crippen LogP contribution in [0.2, 0.25) is 0 Å². The van der Waals surface area contributed by atoms with Gasteiger partial charge in [-0.1, -0.05) is 19.1 Å². The number of rotatable bonds is 6. The standard InChI is InChI=1S/C13H16O4/c1-3-10(12(14)13(15)16)8-9-4-6-11(17-2)7-5-9/h4-7,10H,3,8H2,1-2H3,(H,15,16). The van der Waals surface area contributed by atoms with Gasteiger partial charge in [-0.3, -0.25) is 4.79 Å². The minimum absolute atomic E-state index is 0.450. The van der Waals surface area contributed by atoms with Crippen LogP contribution in [0.1, 0.15) is 18.9 Å². The zero-order valence-electron chi connectivity index (χ0n) is 9.97. The molecule has 0 saturated carbocycles. The second kappa shape index (κ2) is 6.03. The predicted octanol–water partition coefficient (Wildman–Crippen LogP) is 1.92. The maximum Gasteiger partial charge on any atom is 0.372 e. The van der Waals surface area contributed by atoms with E-state index in [4.69, 9.17) is 9.84 Å². The zero-order chi connectivity index (χ0) is 12.8. The Kier molecular flexibility index (Phi) is 4.69. The summed E-state index contributed by atoms with van der Waals surface area (Å²) in [6.07, 6.45) is 0.975. The zero-order valence-corrected chi connectivity index (χ0v) is 9.97. The van der Waals surface area contributed by atoms with Crippen molar-refractivity contribution in [3.05, 3.63) is 29.8 Å². The van der Waals surface area contributed by atoms with Gasteiger partial charge in [0.15, 0.2) is 0 Å². The van der Waals surface area contributed by atoms with Crippen molar-refractivity contribution in [2.45, 2.75) is 19.8 Å². The SMILES string of the molecule is CCC(Cc1ccc(OC)cc1)C(=O)C(=O)O. The van der Waals surface area contributed by atoms with Crippen LogP contribution in [0.4, 0.5) is 0 Å². The van der Waals surface area contributed by atoms with Crippen LogP contribution in [0.5, 0.6) is 5.75 Å². The van der Waals surface area contributed by atoms with Crippen LogP contribution in [0.3, 0.4) is 0 Å². The van der Waals surface area contributed by atoms with E-state index in [0.717, 1.165) is 11.3 Å². The van der Waals surface area contributed by atoms with Crippen LogP contribution in [-0.4, -0.2) is 24.0 Å². The van der Waals surface area contributed by atoms with Gasteiger partial charge in [0.05, 0.1) is 7.11 Å². The number of benzene rings is 1. The molecule has 1 aromatic carbocycles. The van der Waals surface area contributed by atoms with Gasteiger partial charge in [0.2, 0.25) is 5.78 Å². The number of hydrogen-bond donors (Lipinski definition) is 1. The average Bonchev–Trinajstić information content (AvgIpc) is 2.35. The number of carbonyl (C=O) groups excluding carboxylic acids is 1. The largest absolute Gasteiger partial charge is 0.497 e. The van der Waals surface area contributed by atoms with Crippen molar-refractivity contribution in [3.63, 3.8) is 0 Å². The van der Waals surface area contributed by atoms with Crippen LogP contribution < -0.4 is 4.74 Å². The van der Waals surface area contributed by atoms with Gasteiger partial charge in [-0.05, 0) is 30.5 Å². The molecular formula is C13H16O4. The summed E-state index contributed by atoms with van der Waals surface area (Å²) in [6.45, 7) is 1.81. The Morgan fingerprint density at radius 2 is 1.88 bits per heavy atom. The van der Waals surface area contributed by atoms with E-state index in [0.29, 0.717) is 12.8 Å². The Morgan fingerprint density at radius 3 is 2.29 bits per heavy atom. The number of carboxylic acids is 1. The molecule has 0 radical (unpaired) electrons. The fourth-order valence-electron chi connectivity index (χ4n) is 1.64. The average molecular weight is 236 g/mol. The summed E-state index contributed by atoms with van der Waals surface area (Å²) in [5, 5.41) is 8.67. The number of ether oxygens (including phenoxy) is 1. The molecule has 0 aliphatic rings. The van der Waals surface area contributed by atoms with E-state index in [-0.39, 0.29) is 0 Å². The van der Waals surface area contributed by atoms with E-state index >= 15 is 0 Å². The monoisotopic (exact) mass is 236 g/mol. The fourth-order valence-corrected chi connectivity index (χ4v) is 1.64. The molecule has 1 atom stereocenters. The van der Waals surface area contributed by atoms with Crippen molar-refractivity contribution in [2.24, 2.45) is 5.92 Å². The highest BCUT2D eigenvalue weighted by atomic mass is 16.5. The molecule has 1 aromatic rings. The van der Waals surface area contributed by atoms with Crippen LogP contribution in [0.25, 0.3) is 0 Å². The van der Waals surface area contributed by atoms with E-state index in [1.807, 2.05) is 19.1 Å². The van der Waals surface area contributed by atoms with Crippen LogP contribution in [0.15, 0.2) is 24.3 Å². The van der Waals surface area contributed by atoms with Gasteiger partial charge in [-0.25, -0.2) is 4.79 Å². The molecule has 0 aromatic heterocycles. The normalized spacial score (nSPS) is 11.9. The maximum atomic E-state index is 11.4. The first-order valence-electron chi connectivity index (χ1n) is 5.48.